The average molecular weight is 799 g/mol. The Morgan fingerprint density at radius 2 is 1.39 bits per heavy atom. The molecule has 3 unspecified atom stereocenters. The van der Waals surface area contributed by atoms with Gasteiger partial charge in [0.05, 0.1) is 8.07 Å². The molecule has 2 saturated carbocycles. The van der Waals surface area contributed by atoms with Crippen LogP contribution in [0.25, 0.3) is 33.6 Å². The van der Waals surface area contributed by atoms with Crippen LogP contribution >= 0.6 is 0 Å². The van der Waals surface area contributed by atoms with E-state index in [1.54, 1.807) is 10.8 Å². The Morgan fingerprint density at radius 3 is 1.93 bits per heavy atom. The quantitative estimate of drug-likeness (QED) is 0.121. The fourth-order valence-electron chi connectivity index (χ4n) is 7.44. The van der Waals surface area contributed by atoms with Crippen molar-refractivity contribution in [2.75, 3.05) is 0 Å². The van der Waals surface area contributed by atoms with Crippen molar-refractivity contribution < 1.29 is 20.1 Å². The van der Waals surface area contributed by atoms with Crippen molar-refractivity contribution in [3.8, 4) is 33.6 Å². The number of benzene rings is 3. The topological polar surface area (TPSA) is 25.8 Å². The van der Waals surface area contributed by atoms with Gasteiger partial charge in [0, 0.05) is 32.5 Å². The van der Waals surface area contributed by atoms with E-state index in [9.17, 15) is 0 Å². The molecule has 0 amide bonds. The van der Waals surface area contributed by atoms with Crippen molar-refractivity contribution in [3.63, 3.8) is 0 Å². The normalized spacial score (nSPS) is 18.5. The number of pyridine rings is 2. The molecule has 2 aliphatic carbocycles. The van der Waals surface area contributed by atoms with Gasteiger partial charge in [-0.2, -0.15) is 0 Å². The van der Waals surface area contributed by atoms with Gasteiger partial charge in [-0.25, -0.2) is 0 Å². The second kappa shape index (κ2) is 15.2. The first-order valence-corrected chi connectivity index (χ1v) is 20.2. The molecule has 46 heavy (non-hydrogen) atoms. The monoisotopic (exact) mass is 799 g/mol. The Bertz CT molecular complexity index is 1700. The summed E-state index contributed by atoms with van der Waals surface area (Å²) in [6.45, 7) is 11.8. The van der Waals surface area contributed by atoms with E-state index in [0.717, 1.165) is 40.3 Å². The minimum absolute atomic E-state index is 0. The van der Waals surface area contributed by atoms with Gasteiger partial charge < -0.3 is 9.97 Å². The molecular formula is C42H46IrN2Si-2. The van der Waals surface area contributed by atoms with E-state index in [0.29, 0.717) is 5.92 Å². The van der Waals surface area contributed by atoms with Crippen molar-refractivity contribution in [1.29, 1.82) is 0 Å². The summed E-state index contributed by atoms with van der Waals surface area (Å²) in [6.07, 6.45) is 11.4. The van der Waals surface area contributed by atoms with Crippen molar-refractivity contribution in [1.82, 2.24) is 9.97 Å². The molecule has 2 nitrogen and oxygen atoms in total. The summed E-state index contributed by atoms with van der Waals surface area (Å²) in [5, 5.41) is 1.56. The van der Waals surface area contributed by atoms with Gasteiger partial charge in [-0.05, 0) is 82.6 Å². The van der Waals surface area contributed by atoms with Crippen LogP contribution in [0, 0.1) is 29.9 Å². The number of nitrogens with zero attached hydrogens (tertiary/aromatic N) is 2. The molecular weight excluding hydrogens is 753 g/mol. The molecule has 0 spiro atoms. The molecule has 2 aromatic heterocycles. The number of hydrogen-bond acceptors (Lipinski definition) is 2. The summed E-state index contributed by atoms with van der Waals surface area (Å²) in [7, 11) is -1.37. The van der Waals surface area contributed by atoms with Crippen LogP contribution in [0.1, 0.15) is 56.6 Å². The van der Waals surface area contributed by atoms with Gasteiger partial charge >= 0.3 is 0 Å². The summed E-state index contributed by atoms with van der Waals surface area (Å²) in [4.78, 5) is 9.43. The predicted octanol–water partition coefficient (Wildman–Crippen LogP) is 10.4. The number of hydrogen-bond donors (Lipinski definition) is 0. The molecule has 7 rings (SSSR count). The van der Waals surface area contributed by atoms with Crippen LogP contribution in [0.3, 0.4) is 0 Å². The fourth-order valence-corrected chi connectivity index (χ4v) is 9.03. The molecule has 2 heterocycles. The largest absolute Gasteiger partial charge is 0.305 e. The van der Waals surface area contributed by atoms with Gasteiger partial charge in [-0.3, -0.25) is 0 Å². The minimum Gasteiger partial charge on any atom is -0.305 e. The standard InChI is InChI=1S/C22H28NSi.C20H18N.Ir/c1-24(2,3)22-15-23-21(17-7-5-4-6-8-17)14-20(22)13-19-12-16-9-10-18(19)11-16;1-15(2)19-14-21-20(17-11-7-4-8-12-17)13-18(19)16-9-5-3-6-10-16;/h4-7,14-16,18-19H,9-13H2,1-3H3;3-11,13-15H,1-2H3;/q2*-1;. The summed E-state index contributed by atoms with van der Waals surface area (Å²) < 4.78 is 0. The smallest absolute Gasteiger partial charge is 0.0798 e. The van der Waals surface area contributed by atoms with E-state index in [2.05, 4.69) is 105 Å². The Labute approximate surface area is 291 Å². The van der Waals surface area contributed by atoms with Crippen molar-refractivity contribution in [3.05, 3.63) is 127 Å². The molecule has 2 bridgehead atoms. The molecule has 0 saturated heterocycles. The van der Waals surface area contributed by atoms with E-state index in [4.69, 9.17) is 4.98 Å². The van der Waals surface area contributed by atoms with Crippen LogP contribution in [0.15, 0.2) is 103 Å². The van der Waals surface area contributed by atoms with E-state index < -0.39 is 8.07 Å². The molecule has 239 valence electrons. The van der Waals surface area contributed by atoms with E-state index in [-0.39, 0.29) is 20.1 Å². The molecule has 3 atom stereocenters. The van der Waals surface area contributed by atoms with Gasteiger partial charge in [0.15, 0.2) is 0 Å². The first-order valence-electron chi connectivity index (χ1n) is 16.7. The zero-order valence-corrected chi connectivity index (χ0v) is 31.3. The maximum atomic E-state index is 4.80. The van der Waals surface area contributed by atoms with Crippen LogP contribution < -0.4 is 5.19 Å². The van der Waals surface area contributed by atoms with Crippen LogP contribution in [-0.2, 0) is 26.5 Å². The van der Waals surface area contributed by atoms with Gasteiger partial charge in [-0.15, -0.1) is 71.8 Å². The maximum Gasteiger partial charge on any atom is 0.0798 e. The van der Waals surface area contributed by atoms with Crippen LogP contribution in [0.2, 0.25) is 19.6 Å². The Morgan fingerprint density at radius 1 is 0.761 bits per heavy atom. The first-order chi connectivity index (χ1) is 21.8. The molecule has 4 heteroatoms. The van der Waals surface area contributed by atoms with E-state index >= 15 is 0 Å². The van der Waals surface area contributed by atoms with Crippen LogP contribution in [0.5, 0.6) is 0 Å². The third-order valence-electron chi connectivity index (χ3n) is 9.78. The third-order valence-corrected chi connectivity index (χ3v) is 11.8. The van der Waals surface area contributed by atoms with Gasteiger partial charge in [0.25, 0.3) is 0 Å². The Kier molecular flexibility index (Phi) is 11.3. The Hall–Kier alpha value is -3.17. The molecule has 1 radical (unpaired) electrons. The molecule has 2 aliphatic rings. The maximum absolute atomic E-state index is 4.80. The molecule has 3 aromatic carbocycles. The van der Waals surface area contributed by atoms with Crippen LogP contribution in [0.4, 0.5) is 0 Å². The second-order valence-electron chi connectivity index (χ2n) is 14.3. The first kappa shape index (κ1) is 34.2. The van der Waals surface area contributed by atoms with Gasteiger partial charge in [0.2, 0.25) is 0 Å². The summed E-state index contributed by atoms with van der Waals surface area (Å²) in [6, 6.07) is 37.8. The fraction of sp³-hybridized carbons (Fsp3) is 0.333. The molecule has 5 aromatic rings. The van der Waals surface area contributed by atoms with E-state index in [1.807, 2.05) is 48.7 Å². The molecule has 0 N–H and O–H groups in total. The summed E-state index contributed by atoms with van der Waals surface area (Å²) >= 11 is 0. The predicted molar refractivity (Wildman–Crippen MR) is 192 cm³/mol. The number of fused-ring (bicyclic) bond motifs is 2. The SMILES string of the molecule is CC(C)c1cnc(-c2[c-]cccc2)cc1-c1ccccc1.C[Si](C)(C)c1cnc(-c2[c-]cccc2)cc1CC1CC2CCC1C2.[Ir]. The van der Waals surface area contributed by atoms with Crippen molar-refractivity contribution >= 4 is 13.3 Å². The number of aromatic nitrogens is 2. The average Bonchev–Trinajstić information content (AvgIpc) is 3.69. The number of rotatable bonds is 7. The second-order valence-corrected chi connectivity index (χ2v) is 19.4. The van der Waals surface area contributed by atoms with Crippen LogP contribution in [-0.4, -0.2) is 18.0 Å². The van der Waals surface area contributed by atoms with Gasteiger partial charge in [0.1, 0.15) is 0 Å². The summed E-state index contributed by atoms with van der Waals surface area (Å²) in [5.74, 6) is 3.37. The zero-order chi connectivity index (χ0) is 31.4. The van der Waals surface area contributed by atoms with E-state index in [1.165, 1.54) is 48.8 Å². The van der Waals surface area contributed by atoms with Crippen molar-refractivity contribution in [2.45, 2.75) is 71.5 Å². The minimum atomic E-state index is -1.37. The summed E-state index contributed by atoms with van der Waals surface area (Å²) in [5.41, 5.74) is 9.57. The molecule has 0 aliphatic heterocycles. The van der Waals surface area contributed by atoms with Crippen molar-refractivity contribution in [2.24, 2.45) is 17.8 Å². The Balaban J connectivity index is 0.000000179. The van der Waals surface area contributed by atoms with Gasteiger partial charge in [-0.1, -0.05) is 87.9 Å². The third kappa shape index (κ3) is 8.03. The zero-order valence-electron chi connectivity index (χ0n) is 27.9. The molecule has 2 fully saturated rings.